The Balaban J connectivity index is 1.23. The Kier molecular flexibility index (Phi) is 7.07. The summed E-state index contributed by atoms with van der Waals surface area (Å²) in [6.45, 7) is 4.61. The van der Waals surface area contributed by atoms with Crippen LogP contribution in [0, 0.1) is 5.82 Å². The first-order valence-electron chi connectivity index (χ1n) is 11.7. The maximum absolute atomic E-state index is 13.1. The Morgan fingerprint density at radius 3 is 2.29 bits per heavy atom. The molecule has 1 fully saturated rings. The highest BCUT2D eigenvalue weighted by atomic mass is 19.4. The van der Waals surface area contributed by atoms with Crippen LogP contribution in [0.25, 0.3) is 0 Å². The number of nitrogens with zero attached hydrogens (tertiary/aromatic N) is 2. The minimum absolute atomic E-state index is 0.205. The van der Waals surface area contributed by atoms with Crippen molar-refractivity contribution < 1.29 is 22.4 Å². The van der Waals surface area contributed by atoms with E-state index in [-0.39, 0.29) is 11.7 Å². The fraction of sp³-hybridized carbons (Fsp3) is 0.462. The molecule has 2 aliphatic rings. The third-order valence-corrected chi connectivity index (χ3v) is 6.90. The number of alkyl halides is 3. The van der Waals surface area contributed by atoms with Crippen molar-refractivity contribution in [2.24, 2.45) is 4.99 Å². The maximum Gasteiger partial charge on any atom is 0.416 e. The van der Waals surface area contributed by atoms with Crippen molar-refractivity contribution in [3.05, 3.63) is 71.0 Å². The number of aliphatic imine (C=N–C) groups is 1. The van der Waals surface area contributed by atoms with Gasteiger partial charge in [0.05, 0.1) is 5.56 Å². The standard InChI is InChI=1S/C26H29F4N3O/c1-25(20-7-9-21(10-8-20)26(28,29)30)24(34)31-23(32-25)4-2-3-15-33-16-13-19(14-17-33)18-5-11-22(27)12-6-18/h5-12,19H,2-4,13-17H2,1H3,(H,31,32,34). The van der Waals surface area contributed by atoms with E-state index in [1.165, 1.54) is 29.8 Å². The van der Waals surface area contributed by atoms with Crippen LogP contribution in [0.15, 0.2) is 53.5 Å². The number of amidine groups is 1. The number of rotatable bonds is 7. The van der Waals surface area contributed by atoms with Gasteiger partial charge >= 0.3 is 6.18 Å². The molecule has 0 bridgehead atoms. The molecular weight excluding hydrogens is 446 g/mol. The molecule has 4 nitrogen and oxygen atoms in total. The summed E-state index contributed by atoms with van der Waals surface area (Å²) >= 11 is 0. The van der Waals surface area contributed by atoms with Crippen molar-refractivity contribution in [1.29, 1.82) is 0 Å². The molecule has 2 aromatic carbocycles. The summed E-state index contributed by atoms with van der Waals surface area (Å²) in [5, 5.41) is 2.80. The molecule has 182 valence electrons. The van der Waals surface area contributed by atoms with Crippen LogP contribution in [0.2, 0.25) is 0 Å². The van der Waals surface area contributed by atoms with Gasteiger partial charge in [-0.05, 0) is 93.6 Å². The average molecular weight is 476 g/mol. The second-order valence-electron chi connectivity index (χ2n) is 9.28. The van der Waals surface area contributed by atoms with Gasteiger partial charge in [-0.1, -0.05) is 24.3 Å². The number of likely N-dealkylation sites (tertiary alicyclic amines) is 1. The predicted molar refractivity (Wildman–Crippen MR) is 123 cm³/mol. The number of amides is 1. The molecule has 2 heterocycles. The zero-order chi connectivity index (χ0) is 24.3. The second-order valence-corrected chi connectivity index (χ2v) is 9.28. The summed E-state index contributed by atoms with van der Waals surface area (Å²) in [5.74, 6) is 0.541. The Morgan fingerprint density at radius 2 is 1.68 bits per heavy atom. The molecule has 2 aliphatic heterocycles. The summed E-state index contributed by atoms with van der Waals surface area (Å²) in [7, 11) is 0. The van der Waals surface area contributed by atoms with Crippen LogP contribution < -0.4 is 5.32 Å². The highest BCUT2D eigenvalue weighted by Crippen LogP contribution is 2.34. The van der Waals surface area contributed by atoms with E-state index in [9.17, 15) is 22.4 Å². The lowest BCUT2D eigenvalue weighted by molar-refractivity contribution is -0.137. The van der Waals surface area contributed by atoms with E-state index in [1.54, 1.807) is 6.92 Å². The zero-order valence-corrected chi connectivity index (χ0v) is 19.2. The minimum atomic E-state index is -4.41. The Morgan fingerprint density at radius 1 is 1.03 bits per heavy atom. The Bertz CT molecular complexity index is 1030. The van der Waals surface area contributed by atoms with Gasteiger partial charge in [0.1, 0.15) is 11.7 Å². The van der Waals surface area contributed by atoms with Gasteiger partial charge in [-0.3, -0.25) is 9.79 Å². The lowest BCUT2D eigenvalue weighted by atomic mass is 9.89. The number of halogens is 4. The van der Waals surface area contributed by atoms with Crippen molar-refractivity contribution in [2.75, 3.05) is 19.6 Å². The molecule has 1 N–H and O–H groups in total. The molecule has 1 amide bonds. The molecule has 0 spiro atoms. The van der Waals surface area contributed by atoms with E-state index in [0.29, 0.717) is 23.7 Å². The van der Waals surface area contributed by atoms with Gasteiger partial charge in [-0.2, -0.15) is 13.2 Å². The normalized spacial score (nSPS) is 22.0. The van der Waals surface area contributed by atoms with E-state index in [1.807, 2.05) is 12.1 Å². The monoisotopic (exact) mass is 475 g/mol. The topological polar surface area (TPSA) is 44.7 Å². The van der Waals surface area contributed by atoms with Crippen LogP contribution in [0.5, 0.6) is 0 Å². The molecule has 1 unspecified atom stereocenters. The van der Waals surface area contributed by atoms with Crippen molar-refractivity contribution in [2.45, 2.75) is 56.7 Å². The zero-order valence-electron chi connectivity index (χ0n) is 19.2. The number of hydrogen-bond acceptors (Lipinski definition) is 3. The van der Waals surface area contributed by atoms with Crippen LogP contribution in [0.4, 0.5) is 17.6 Å². The summed E-state index contributed by atoms with van der Waals surface area (Å²) in [4.78, 5) is 19.5. The highest BCUT2D eigenvalue weighted by Gasteiger charge is 2.41. The summed E-state index contributed by atoms with van der Waals surface area (Å²) < 4.78 is 51.6. The minimum Gasteiger partial charge on any atom is -0.312 e. The lowest BCUT2D eigenvalue weighted by Crippen LogP contribution is -2.35. The van der Waals surface area contributed by atoms with E-state index in [4.69, 9.17) is 0 Å². The fourth-order valence-corrected chi connectivity index (χ4v) is 4.75. The molecule has 8 heteroatoms. The smallest absolute Gasteiger partial charge is 0.312 e. The number of nitrogens with one attached hydrogen (secondary N) is 1. The molecule has 0 aliphatic carbocycles. The van der Waals surface area contributed by atoms with E-state index >= 15 is 0 Å². The first-order valence-corrected chi connectivity index (χ1v) is 11.7. The Hall–Kier alpha value is -2.74. The average Bonchev–Trinajstić information content (AvgIpc) is 3.11. The maximum atomic E-state index is 13.1. The number of unbranched alkanes of at least 4 members (excludes halogenated alkanes) is 1. The van der Waals surface area contributed by atoms with Crippen LogP contribution in [-0.2, 0) is 16.5 Å². The first-order chi connectivity index (χ1) is 16.1. The largest absolute Gasteiger partial charge is 0.416 e. The third-order valence-electron chi connectivity index (χ3n) is 6.90. The van der Waals surface area contributed by atoms with E-state index in [0.717, 1.165) is 57.5 Å². The second kappa shape index (κ2) is 9.86. The van der Waals surface area contributed by atoms with Crippen LogP contribution in [-0.4, -0.2) is 36.3 Å². The number of piperidine rings is 1. The van der Waals surface area contributed by atoms with Crippen molar-refractivity contribution in [3.63, 3.8) is 0 Å². The number of carbonyl (C=O) groups is 1. The highest BCUT2D eigenvalue weighted by molar-refractivity contribution is 6.08. The molecule has 0 saturated carbocycles. The van der Waals surface area contributed by atoms with Gasteiger partial charge in [0.15, 0.2) is 5.54 Å². The molecule has 1 atom stereocenters. The van der Waals surface area contributed by atoms with Gasteiger partial charge in [-0.15, -0.1) is 0 Å². The van der Waals surface area contributed by atoms with E-state index < -0.39 is 17.3 Å². The SMILES string of the molecule is CC1(c2ccc(C(F)(F)F)cc2)N=C(CCCCN2CCC(c3ccc(F)cc3)CC2)NC1=O. The molecule has 2 aromatic rings. The van der Waals surface area contributed by atoms with Gasteiger partial charge in [0.25, 0.3) is 5.91 Å². The van der Waals surface area contributed by atoms with Crippen molar-refractivity contribution >= 4 is 11.7 Å². The number of benzene rings is 2. The molecule has 1 saturated heterocycles. The van der Waals surface area contributed by atoms with E-state index in [2.05, 4.69) is 15.2 Å². The summed E-state index contributed by atoms with van der Waals surface area (Å²) in [6, 6.07) is 11.4. The number of hydrogen-bond donors (Lipinski definition) is 1. The molecule has 0 radical (unpaired) electrons. The third kappa shape index (κ3) is 5.49. The fourth-order valence-electron chi connectivity index (χ4n) is 4.75. The predicted octanol–water partition coefficient (Wildman–Crippen LogP) is 5.64. The molecule has 34 heavy (non-hydrogen) atoms. The van der Waals surface area contributed by atoms with Crippen LogP contribution >= 0.6 is 0 Å². The Labute approximate surface area is 197 Å². The van der Waals surface area contributed by atoms with Crippen LogP contribution in [0.3, 0.4) is 0 Å². The van der Waals surface area contributed by atoms with Gasteiger partial charge in [-0.25, -0.2) is 4.39 Å². The quantitative estimate of drug-likeness (QED) is 0.416. The first kappa shape index (κ1) is 24.4. The van der Waals surface area contributed by atoms with Crippen molar-refractivity contribution in [1.82, 2.24) is 10.2 Å². The summed E-state index contributed by atoms with van der Waals surface area (Å²) in [6.07, 6.45) is 0.142. The molecule has 4 rings (SSSR count). The molecular formula is C26H29F4N3O. The van der Waals surface area contributed by atoms with Gasteiger partial charge in [0, 0.05) is 6.42 Å². The number of carbonyl (C=O) groups excluding carboxylic acids is 1. The molecule has 0 aromatic heterocycles. The van der Waals surface area contributed by atoms with Gasteiger partial charge < -0.3 is 10.2 Å². The van der Waals surface area contributed by atoms with Crippen molar-refractivity contribution in [3.8, 4) is 0 Å². The van der Waals surface area contributed by atoms with Gasteiger partial charge in [0.2, 0.25) is 0 Å². The summed E-state index contributed by atoms with van der Waals surface area (Å²) in [5.41, 5.74) is -0.310. The van der Waals surface area contributed by atoms with Crippen LogP contribution in [0.1, 0.15) is 61.6 Å². The lowest BCUT2D eigenvalue weighted by Gasteiger charge is -2.32.